The summed E-state index contributed by atoms with van der Waals surface area (Å²) in [5, 5.41) is 3.39. The van der Waals surface area contributed by atoms with Crippen LogP contribution in [-0.4, -0.2) is 30.6 Å². The van der Waals surface area contributed by atoms with Crippen LogP contribution < -0.4 is 5.32 Å². The molecule has 2 atom stereocenters. The molecule has 1 aliphatic heterocycles. The van der Waals surface area contributed by atoms with Gasteiger partial charge < -0.3 is 5.32 Å². The van der Waals surface area contributed by atoms with E-state index in [4.69, 9.17) is 0 Å². The lowest BCUT2D eigenvalue weighted by Crippen LogP contribution is -2.55. The quantitative estimate of drug-likeness (QED) is 0.881. The van der Waals surface area contributed by atoms with Crippen LogP contribution in [0.5, 0.6) is 0 Å². The van der Waals surface area contributed by atoms with Crippen LogP contribution >= 0.6 is 0 Å². The normalized spacial score (nSPS) is 21.0. The summed E-state index contributed by atoms with van der Waals surface area (Å²) < 4.78 is 14.4. The molecule has 0 spiro atoms. The predicted molar refractivity (Wildman–Crippen MR) is 87.1 cm³/mol. The molecule has 0 amide bonds. The first-order chi connectivity index (χ1) is 10.0. The van der Waals surface area contributed by atoms with Crippen molar-refractivity contribution in [2.75, 3.05) is 20.1 Å². The van der Waals surface area contributed by atoms with Gasteiger partial charge in [0.2, 0.25) is 0 Å². The molecule has 0 saturated carbocycles. The first-order valence-electron chi connectivity index (χ1n) is 8.21. The van der Waals surface area contributed by atoms with Crippen LogP contribution in [0.3, 0.4) is 0 Å². The molecule has 1 saturated heterocycles. The smallest absolute Gasteiger partial charge is 0.128 e. The van der Waals surface area contributed by atoms with E-state index in [0.29, 0.717) is 0 Å². The average Bonchev–Trinajstić information content (AvgIpc) is 2.52. The van der Waals surface area contributed by atoms with Gasteiger partial charge in [-0.1, -0.05) is 31.0 Å². The van der Waals surface area contributed by atoms with Crippen LogP contribution in [0.1, 0.15) is 56.7 Å². The maximum atomic E-state index is 14.4. The SMILES string of the molecule is CCC(C)(C(NC)c1cc(C)ccc1F)N1CCCCC1. The Bertz CT molecular complexity index is 468. The molecule has 1 aromatic rings. The maximum Gasteiger partial charge on any atom is 0.128 e. The molecule has 0 radical (unpaired) electrons. The Morgan fingerprint density at radius 2 is 1.95 bits per heavy atom. The van der Waals surface area contributed by atoms with Crippen molar-refractivity contribution in [2.24, 2.45) is 0 Å². The Balaban J connectivity index is 2.38. The van der Waals surface area contributed by atoms with Crippen LogP contribution in [0, 0.1) is 12.7 Å². The molecule has 0 bridgehead atoms. The van der Waals surface area contributed by atoms with E-state index in [0.717, 1.165) is 30.6 Å². The number of halogens is 1. The van der Waals surface area contributed by atoms with Gasteiger partial charge in [-0.15, -0.1) is 0 Å². The summed E-state index contributed by atoms with van der Waals surface area (Å²) in [6, 6.07) is 5.45. The molecule has 2 nitrogen and oxygen atoms in total. The summed E-state index contributed by atoms with van der Waals surface area (Å²) in [7, 11) is 1.95. The molecule has 1 fully saturated rings. The topological polar surface area (TPSA) is 15.3 Å². The Hall–Kier alpha value is -0.930. The van der Waals surface area contributed by atoms with Crippen molar-refractivity contribution in [3.8, 4) is 0 Å². The number of nitrogens with zero attached hydrogens (tertiary/aromatic N) is 1. The first-order valence-corrected chi connectivity index (χ1v) is 8.21. The fourth-order valence-corrected chi connectivity index (χ4v) is 3.70. The van der Waals surface area contributed by atoms with Crippen LogP contribution in [0.25, 0.3) is 0 Å². The fourth-order valence-electron chi connectivity index (χ4n) is 3.70. The monoisotopic (exact) mass is 292 g/mol. The van der Waals surface area contributed by atoms with E-state index >= 15 is 0 Å². The highest BCUT2D eigenvalue weighted by atomic mass is 19.1. The third kappa shape index (κ3) is 3.29. The van der Waals surface area contributed by atoms with Crippen molar-refractivity contribution in [1.82, 2.24) is 10.2 Å². The number of likely N-dealkylation sites (tertiary alicyclic amines) is 1. The minimum absolute atomic E-state index is 0.0144. The molecule has 0 aromatic heterocycles. The zero-order valence-corrected chi connectivity index (χ0v) is 13.9. The summed E-state index contributed by atoms with van der Waals surface area (Å²) in [5.41, 5.74) is 1.86. The van der Waals surface area contributed by atoms with Gasteiger partial charge in [0.05, 0.1) is 6.04 Å². The maximum absolute atomic E-state index is 14.4. The molecule has 1 N–H and O–H groups in total. The largest absolute Gasteiger partial charge is 0.311 e. The van der Waals surface area contributed by atoms with Gasteiger partial charge in [-0.2, -0.15) is 0 Å². The van der Waals surface area contributed by atoms with Crippen molar-refractivity contribution in [1.29, 1.82) is 0 Å². The van der Waals surface area contributed by atoms with Crippen molar-refractivity contribution in [3.05, 3.63) is 35.1 Å². The second-order valence-electron chi connectivity index (χ2n) is 6.51. The van der Waals surface area contributed by atoms with Crippen LogP contribution in [0.2, 0.25) is 0 Å². The van der Waals surface area contributed by atoms with Crippen molar-refractivity contribution < 1.29 is 4.39 Å². The molecule has 21 heavy (non-hydrogen) atoms. The molecule has 2 rings (SSSR count). The molecule has 118 valence electrons. The van der Waals surface area contributed by atoms with Gasteiger partial charge in [-0.25, -0.2) is 4.39 Å². The number of nitrogens with one attached hydrogen (secondary N) is 1. The lowest BCUT2D eigenvalue weighted by Gasteiger charge is -2.48. The van der Waals surface area contributed by atoms with Gasteiger partial charge in [0.25, 0.3) is 0 Å². The van der Waals surface area contributed by atoms with Gasteiger partial charge in [0.15, 0.2) is 0 Å². The molecule has 3 heteroatoms. The Labute approximate surface area is 128 Å². The average molecular weight is 292 g/mol. The fraction of sp³-hybridized carbons (Fsp3) is 0.667. The summed E-state index contributed by atoms with van der Waals surface area (Å²) in [4.78, 5) is 2.56. The number of benzene rings is 1. The Morgan fingerprint density at radius 3 is 2.52 bits per heavy atom. The van der Waals surface area contributed by atoms with E-state index in [9.17, 15) is 4.39 Å². The highest BCUT2D eigenvalue weighted by molar-refractivity contribution is 5.29. The summed E-state index contributed by atoms with van der Waals surface area (Å²) in [6.07, 6.45) is 4.83. The van der Waals surface area contributed by atoms with E-state index in [2.05, 4.69) is 24.1 Å². The lowest BCUT2D eigenvalue weighted by atomic mass is 9.81. The van der Waals surface area contributed by atoms with E-state index < -0.39 is 0 Å². The summed E-state index contributed by atoms with van der Waals surface area (Å²) >= 11 is 0. The summed E-state index contributed by atoms with van der Waals surface area (Å²) in [5.74, 6) is -0.100. The van der Waals surface area contributed by atoms with Crippen LogP contribution in [-0.2, 0) is 0 Å². The van der Waals surface area contributed by atoms with Crippen molar-refractivity contribution in [3.63, 3.8) is 0 Å². The number of piperidine rings is 1. The lowest BCUT2D eigenvalue weighted by molar-refractivity contribution is 0.0437. The van der Waals surface area contributed by atoms with Crippen LogP contribution in [0.15, 0.2) is 18.2 Å². The molecule has 1 aromatic carbocycles. The second kappa shape index (κ2) is 6.89. The molecule has 1 heterocycles. The van der Waals surface area contributed by atoms with Crippen LogP contribution in [0.4, 0.5) is 4.39 Å². The van der Waals surface area contributed by atoms with E-state index in [1.165, 1.54) is 19.3 Å². The minimum atomic E-state index is -0.100. The van der Waals surface area contributed by atoms with Gasteiger partial charge in [0.1, 0.15) is 5.82 Å². The number of hydrogen-bond acceptors (Lipinski definition) is 2. The van der Waals surface area contributed by atoms with E-state index in [1.807, 2.05) is 26.1 Å². The van der Waals surface area contributed by atoms with Crippen molar-refractivity contribution >= 4 is 0 Å². The zero-order valence-electron chi connectivity index (χ0n) is 13.9. The standard InChI is InChI=1S/C18H29FN2/c1-5-18(3,21-11-7-6-8-12-21)17(20-4)15-13-14(2)9-10-16(15)19/h9-10,13,17,20H,5-8,11-12H2,1-4H3. The van der Waals surface area contributed by atoms with Gasteiger partial charge >= 0.3 is 0 Å². The van der Waals surface area contributed by atoms with Gasteiger partial charge in [-0.3, -0.25) is 4.90 Å². The van der Waals surface area contributed by atoms with Gasteiger partial charge in [0, 0.05) is 11.1 Å². The number of hydrogen-bond donors (Lipinski definition) is 1. The highest BCUT2D eigenvalue weighted by Gasteiger charge is 2.39. The highest BCUT2D eigenvalue weighted by Crippen LogP contribution is 2.37. The summed E-state index contributed by atoms with van der Waals surface area (Å²) in [6.45, 7) is 8.76. The Kier molecular flexibility index (Phi) is 5.39. The number of likely N-dealkylation sites (N-methyl/N-ethyl adjacent to an activating group) is 1. The second-order valence-corrected chi connectivity index (χ2v) is 6.51. The first kappa shape index (κ1) is 16.4. The Morgan fingerprint density at radius 1 is 1.29 bits per heavy atom. The minimum Gasteiger partial charge on any atom is -0.311 e. The number of aryl methyl sites for hydroxylation is 1. The third-order valence-electron chi connectivity index (χ3n) is 5.17. The third-order valence-corrected chi connectivity index (χ3v) is 5.17. The van der Waals surface area contributed by atoms with E-state index in [1.54, 1.807) is 6.07 Å². The molecule has 0 aliphatic carbocycles. The molecular weight excluding hydrogens is 263 g/mol. The molecular formula is C18H29FN2. The zero-order chi connectivity index (χ0) is 15.5. The van der Waals surface area contributed by atoms with Crippen molar-refractivity contribution in [2.45, 2.75) is 58.0 Å². The number of rotatable bonds is 5. The molecule has 2 unspecified atom stereocenters. The van der Waals surface area contributed by atoms with Gasteiger partial charge in [-0.05, 0) is 59.3 Å². The predicted octanol–water partition coefficient (Wildman–Crippen LogP) is 4.05. The molecule has 1 aliphatic rings. The van der Waals surface area contributed by atoms with E-state index in [-0.39, 0.29) is 17.4 Å².